The molecule has 0 aromatic heterocycles. The van der Waals surface area contributed by atoms with Gasteiger partial charge in [-0.2, -0.15) is 0 Å². The van der Waals surface area contributed by atoms with Crippen molar-refractivity contribution in [3.8, 4) is 0 Å². The largest absolute Gasteiger partial charge is 0.383 e. The van der Waals surface area contributed by atoms with Gasteiger partial charge in [-0.1, -0.05) is 6.42 Å². The van der Waals surface area contributed by atoms with Crippen LogP contribution in [0.3, 0.4) is 0 Å². The molecule has 0 spiro atoms. The predicted molar refractivity (Wildman–Crippen MR) is 73.9 cm³/mol. The Labute approximate surface area is 111 Å². The standard InChI is InChI=1S/C13H27ClN2O/c1-16-10-4-3-5-13(16)7-9-15-8-6-12(14)11-17-2/h12-13,15H,3-11H2,1-2H3. The summed E-state index contributed by atoms with van der Waals surface area (Å²) in [7, 11) is 3.94. The van der Waals surface area contributed by atoms with E-state index in [1.807, 2.05) is 0 Å². The molecule has 0 aromatic carbocycles. The van der Waals surface area contributed by atoms with Crippen LogP contribution in [-0.2, 0) is 4.74 Å². The Bertz CT molecular complexity index is 192. The lowest BCUT2D eigenvalue weighted by molar-refractivity contribution is 0.175. The first-order chi connectivity index (χ1) is 8.24. The van der Waals surface area contributed by atoms with E-state index in [9.17, 15) is 0 Å². The van der Waals surface area contributed by atoms with Crippen molar-refractivity contribution >= 4 is 11.6 Å². The van der Waals surface area contributed by atoms with Crippen molar-refractivity contribution in [3.05, 3.63) is 0 Å². The number of methoxy groups -OCH3 is 1. The Morgan fingerprint density at radius 2 is 2.24 bits per heavy atom. The summed E-state index contributed by atoms with van der Waals surface area (Å²) in [6.45, 7) is 4.01. The fourth-order valence-corrected chi connectivity index (χ4v) is 2.66. The topological polar surface area (TPSA) is 24.5 Å². The van der Waals surface area contributed by atoms with Gasteiger partial charge in [0, 0.05) is 13.2 Å². The molecule has 0 saturated carbocycles. The second-order valence-electron chi connectivity index (χ2n) is 5.01. The highest BCUT2D eigenvalue weighted by Crippen LogP contribution is 2.17. The fourth-order valence-electron chi connectivity index (χ4n) is 2.43. The molecule has 1 saturated heterocycles. The van der Waals surface area contributed by atoms with Gasteiger partial charge in [0.2, 0.25) is 0 Å². The number of nitrogens with one attached hydrogen (secondary N) is 1. The number of halogens is 1. The predicted octanol–water partition coefficient (Wildman–Crippen LogP) is 2.09. The number of piperidine rings is 1. The second kappa shape index (κ2) is 9.15. The molecule has 0 amide bonds. The number of rotatable bonds is 8. The zero-order chi connectivity index (χ0) is 12.5. The van der Waals surface area contributed by atoms with Gasteiger partial charge in [0.15, 0.2) is 0 Å². The van der Waals surface area contributed by atoms with Gasteiger partial charge in [-0.15, -0.1) is 11.6 Å². The first-order valence-electron chi connectivity index (χ1n) is 6.78. The van der Waals surface area contributed by atoms with Crippen LogP contribution in [0.1, 0.15) is 32.1 Å². The van der Waals surface area contributed by atoms with Gasteiger partial charge < -0.3 is 15.0 Å². The van der Waals surface area contributed by atoms with E-state index < -0.39 is 0 Å². The summed E-state index contributed by atoms with van der Waals surface area (Å²) in [6.07, 6.45) is 6.36. The van der Waals surface area contributed by atoms with Crippen LogP contribution in [-0.4, -0.2) is 56.7 Å². The van der Waals surface area contributed by atoms with Gasteiger partial charge in [0.05, 0.1) is 12.0 Å². The van der Waals surface area contributed by atoms with E-state index in [1.165, 1.54) is 32.2 Å². The number of likely N-dealkylation sites (tertiary alicyclic amines) is 1. The van der Waals surface area contributed by atoms with Crippen LogP contribution in [0.15, 0.2) is 0 Å². The number of alkyl halides is 1. The average Bonchev–Trinajstić information content (AvgIpc) is 2.31. The summed E-state index contributed by atoms with van der Waals surface area (Å²) in [6, 6.07) is 0.780. The highest BCUT2D eigenvalue weighted by molar-refractivity contribution is 6.20. The molecule has 1 heterocycles. The van der Waals surface area contributed by atoms with Crippen molar-refractivity contribution in [1.82, 2.24) is 10.2 Å². The molecule has 0 radical (unpaired) electrons. The maximum absolute atomic E-state index is 6.06. The fraction of sp³-hybridized carbons (Fsp3) is 1.00. The van der Waals surface area contributed by atoms with Crippen LogP contribution in [0.2, 0.25) is 0 Å². The first kappa shape index (κ1) is 15.2. The molecule has 0 aliphatic carbocycles. The van der Waals surface area contributed by atoms with Crippen molar-refractivity contribution in [2.24, 2.45) is 0 Å². The van der Waals surface area contributed by atoms with Crippen molar-refractivity contribution in [1.29, 1.82) is 0 Å². The Hall–Kier alpha value is 0.170. The van der Waals surface area contributed by atoms with Crippen molar-refractivity contribution in [3.63, 3.8) is 0 Å². The molecule has 1 fully saturated rings. The molecule has 17 heavy (non-hydrogen) atoms. The lowest BCUT2D eigenvalue weighted by Gasteiger charge is -2.32. The van der Waals surface area contributed by atoms with Crippen molar-refractivity contribution in [2.45, 2.75) is 43.5 Å². The Morgan fingerprint density at radius 3 is 2.94 bits per heavy atom. The average molecular weight is 263 g/mol. The summed E-state index contributed by atoms with van der Waals surface area (Å²) in [5.41, 5.74) is 0. The quantitative estimate of drug-likeness (QED) is 0.536. The minimum Gasteiger partial charge on any atom is -0.383 e. The van der Waals surface area contributed by atoms with E-state index in [2.05, 4.69) is 17.3 Å². The lowest BCUT2D eigenvalue weighted by Crippen LogP contribution is -2.38. The number of hydrogen-bond acceptors (Lipinski definition) is 3. The molecule has 1 rings (SSSR count). The Kier molecular flexibility index (Phi) is 8.19. The molecule has 102 valence electrons. The molecule has 1 aliphatic rings. The molecular weight excluding hydrogens is 236 g/mol. The Balaban J connectivity index is 1.96. The summed E-state index contributed by atoms with van der Waals surface area (Å²) in [5, 5.41) is 3.62. The third-order valence-electron chi connectivity index (χ3n) is 3.56. The van der Waals surface area contributed by atoms with Gasteiger partial charge in [-0.25, -0.2) is 0 Å². The third-order valence-corrected chi connectivity index (χ3v) is 3.90. The first-order valence-corrected chi connectivity index (χ1v) is 7.21. The smallest absolute Gasteiger partial charge is 0.0626 e. The minimum absolute atomic E-state index is 0.143. The van der Waals surface area contributed by atoms with E-state index in [0.717, 1.165) is 25.6 Å². The van der Waals surface area contributed by atoms with Gasteiger partial charge in [0.25, 0.3) is 0 Å². The molecule has 4 heteroatoms. The molecule has 0 aromatic rings. The van der Waals surface area contributed by atoms with Crippen LogP contribution < -0.4 is 5.32 Å². The van der Waals surface area contributed by atoms with Gasteiger partial charge in [-0.3, -0.25) is 0 Å². The molecular formula is C13H27ClN2O. The van der Waals surface area contributed by atoms with Crippen LogP contribution in [0.4, 0.5) is 0 Å². The zero-order valence-electron chi connectivity index (χ0n) is 11.3. The maximum Gasteiger partial charge on any atom is 0.0626 e. The van der Waals surface area contributed by atoms with Gasteiger partial charge >= 0.3 is 0 Å². The monoisotopic (exact) mass is 262 g/mol. The molecule has 2 atom stereocenters. The van der Waals surface area contributed by atoms with Crippen molar-refractivity contribution in [2.75, 3.05) is 40.4 Å². The normalized spacial score (nSPS) is 23.8. The van der Waals surface area contributed by atoms with E-state index in [-0.39, 0.29) is 5.38 Å². The third kappa shape index (κ3) is 6.61. The van der Waals surface area contributed by atoms with E-state index in [4.69, 9.17) is 16.3 Å². The van der Waals surface area contributed by atoms with Crippen LogP contribution in [0, 0.1) is 0 Å². The maximum atomic E-state index is 6.06. The SMILES string of the molecule is COCC(Cl)CCNCCC1CCCCN1C. The minimum atomic E-state index is 0.143. The summed E-state index contributed by atoms with van der Waals surface area (Å²) in [5.74, 6) is 0. The van der Waals surface area contributed by atoms with E-state index in [1.54, 1.807) is 7.11 Å². The second-order valence-corrected chi connectivity index (χ2v) is 5.63. The number of ether oxygens (including phenoxy) is 1. The van der Waals surface area contributed by atoms with E-state index in [0.29, 0.717) is 6.61 Å². The lowest BCUT2D eigenvalue weighted by atomic mass is 10.0. The summed E-state index contributed by atoms with van der Waals surface area (Å²) < 4.78 is 5.00. The van der Waals surface area contributed by atoms with Crippen LogP contribution in [0.25, 0.3) is 0 Å². The summed E-state index contributed by atoms with van der Waals surface area (Å²) in [4.78, 5) is 2.50. The van der Waals surface area contributed by atoms with Crippen molar-refractivity contribution < 1.29 is 4.74 Å². The zero-order valence-corrected chi connectivity index (χ0v) is 12.0. The molecule has 1 N–H and O–H groups in total. The molecule has 2 unspecified atom stereocenters. The van der Waals surface area contributed by atoms with Crippen LogP contribution >= 0.6 is 11.6 Å². The van der Waals surface area contributed by atoms with Gasteiger partial charge in [-0.05, 0) is 52.4 Å². The number of nitrogens with zero attached hydrogens (tertiary/aromatic N) is 1. The Morgan fingerprint density at radius 1 is 1.41 bits per heavy atom. The molecule has 1 aliphatic heterocycles. The van der Waals surface area contributed by atoms with Gasteiger partial charge in [0.1, 0.15) is 0 Å². The molecule has 3 nitrogen and oxygen atoms in total. The molecule has 0 bridgehead atoms. The highest BCUT2D eigenvalue weighted by atomic mass is 35.5. The highest BCUT2D eigenvalue weighted by Gasteiger charge is 2.17. The van der Waals surface area contributed by atoms with Crippen LogP contribution in [0.5, 0.6) is 0 Å². The number of hydrogen-bond donors (Lipinski definition) is 1. The summed E-state index contributed by atoms with van der Waals surface area (Å²) >= 11 is 6.06. The van der Waals surface area contributed by atoms with E-state index >= 15 is 0 Å².